The van der Waals surface area contributed by atoms with E-state index in [0.717, 1.165) is 37.3 Å². The van der Waals surface area contributed by atoms with Gasteiger partial charge < -0.3 is 10.4 Å². The Morgan fingerprint density at radius 1 is 1.22 bits per heavy atom. The van der Waals surface area contributed by atoms with Crippen LogP contribution in [0.1, 0.15) is 31.2 Å². The molecule has 1 aromatic carbocycles. The number of halogens is 1. The van der Waals surface area contributed by atoms with Crippen molar-refractivity contribution in [2.24, 2.45) is 5.92 Å². The quantitative estimate of drug-likeness (QED) is 0.881. The zero-order valence-electron chi connectivity index (χ0n) is 10.2. The van der Waals surface area contributed by atoms with Crippen LogP contribution in [0.2, 0.25) is 5.02 Å². The van der Waals surface area contributed by atoms with Crippen LogP contribution in [0.15, 0.2) is 24.3 Å². The van der Waals surface area contributed by atoms with Crippen molar-refractivity contribution in [2.45, 2.75) is 38.3 Å². The van der Waals surface area contributed by atoms with Crippen molar-refractivity contribution in [3.05, 3.63) is 34.9 Å². The van der Waals surface area contributed by atoms with Crippen molar-refractivity contribution >= 4 is 17.6 Å². The molecule has 0 aliphatic heterocycles. The highest BCUT2D eigenvalue weighted by Gasteiger charge is 2.25. The summed E-state index contributed by atoms with van der Waals surface area (Å²) in [7, 11) is 0. The second kappa shape index (κ2) is 6.21. The molecule has 0 amide bonds. The van der Waals surface area contributed by atoms with Gasteiger partial charge in [0.05, 0.1) is 5.92 Å². The van der Waals surface area contributed by atoms with E-state index in [1.807, 2.05) is 24.3 Å². The average molecular weight is 268 g/mol. The molecule has 98 valence electrons. The first kappa shape index (κ1) is 13.4. The van der Waals surface area contributed by atoms with Gasteiger partial charge in [-0.25, -0.2) is 0 Å². The molecule has 0 saturated heterocycles. The molecule has 0 unspecified atom stereocenters. The minimum Gasteiger partial charge on any atom is -0.481 e. The Labute approximate surface area is 112 Å². The number of rotatable bonds is 4. The summed E-state index contributed by atoms with van der Waals surface area (Å²) in [6.45, 7) is 0.819. The first-order chi connectivity index (χ1) is 8.65. The summed E-state index contributed by atoms with van der Waals surface area (Å²) in [4.78, 5) is 10.8. The molecule has 3 nitrogen and oxygen atoms in total. The molecule has 1 saturated carbocycles. The maximum absolute atomic E-state index is 10.8. The highest BCUT2D eigenvalue weighted by Crippen LogP contribution is 2.24. The van der Waals surface area contributed by atoms with Crippen molar-refractivity contribution in [3.63, 3.8) is 0 Å². The summed E-state index contributed by atoms with van der Waals surface area (Å²) in [5.41, 5.74) is 1.21. The van der Waals surface area contributed by atoms with E-state index in [0.29, 0.717) is 6.04 Å². The van der Waals surface area contributed by atoms with Crippen molar-refractivity contribution < 1.29 is 9.90 Å². The summed E-state index contributed by atoms with van der Waals surface area (Å²) in [6.07, 6.45) is 3.47. The molecule has 18 heavy (non-hydrogen) atoms. The third kappa shape index (κ3) is 3.72. The number of carbonyl (C=O) groups is 1. The Kier molecular flexibility index (Phi) is 4.61. The van der Waals surface area contributed by atoms with E-state index in [2.05, 4.69) is 5.32 Å². The normalized spacial score (nSPS) is 23.8. The van der Waals surface area contributed by atoms with Gasteiger partial charge in [-0.1, -0.05) is 23.7 Å². The number of hydrogen-bond donors (Lipinski definition) is 2. The van der Waals surface area contributed by atoms with Gasteiger partial charge in [0.2, 0.25) is 0 Å². The molecule has 2 N–H and O–H groups in total. The van der Waals surface area contributed by atoms with Crippen LogP contribution in [0.5, 0.6) is 0 Å². The lowest BCUT2D eigenvalue weighted by Crippen LogP contribution is -2.34. The van der Waals surface area contributed by atoms with E-state index in [9.17, 15) is 4.79 Å². The zero-order valence-corrected chi connectivity index (χ0v) is 11.0. The van der Waals surface area contributed by atoms with Gasteiger partial charge in [-0.15, -0.1) is 0 Å². The Morgan fingerprint density at radius 3 is 2.39 bits per heavy atom. The molecule has 0 bridgehead atoms. The van der Waals surface area contributed by atoms with E-state index in [-0.39, 0.29) is 5.92 Å². The Balaban J connectivity index is 1.75. The fraction of sp³-hybridized carbons (Fsp3) is 0.500. The molecule has 1 aliphatic carbocycles. The van der Waals surface area contributed by atoms with Crippen LogP contribution in [-0.4, -0.2) is 17.1 Å². The summed E-state index contributed by atoms with van der Waals surface area (Å²) in [5, 5.41) is 13.2. The lowest BCUT2D eigenvalue weighted by atomic mass is 9.86. The van der Waals surface area contributed by atoms with Gasteiger partial charge >= 0.3 is 5.97 Å². The van der Waals surface area contributed by atoms with E-state index >= 15 is 0 Å². The van der Waals surface area contributed by atoms with Gasteiger partial charge in [-0.3, -0.25) is 4.79 Å². The highest BCUT2D eigenvalue weighted by molar-refractivity contribution is 6.30. The fourth-order valence-electron chi connectivity index (χ4n) is 2.41. The van der Waals surface area contributed by atoms with Crippen molar-refractivity contribution in [3.8, 4) is 0 Å². The molecule has 0 atom stereocenters. The van der Waals surface area contributed by atoms with Crippen molar-refractivity contribution in [1.82, 2.24) is 5.32 Å². The molecule has 1 aliphatic rings. The second-order valence-electron chi connectivity index (χ2n) is 4.89. The van der Waals surface area contributed by atoms with E-state index in [1.165, 1.54) is 5.56 Å². The van der Waals surface area contributed by atoms with Gasteiger partial charge in [0, 0.05) is 17.6 Å². The summed E-state index contributed by atoms with van der Waals surface area (Å²) < 4.78 is 0. The minimum absolute atomic E-state index is 0.140. The van der Waals surface area contributed by atoms with Gasteiger partial charge in [0.1, 0.15) is 0 Å². The lowest BCUT2D eigenvalue weighted by molar-refractivity contribution is -0.142. The van der Waals surface area contributed by atoms with Crippen LogP contribution in [0.25, 0.3) is 0 Å². The Bertz CT molecular complexity index is 397. The molecule has 0 aromatic heterocycles. The maximum Gasteiger partial charge on any atom is 0.306 e. The SMILES string of the molecule is O=C(O)C1CCC(NCc2ccc(Cl)cc2)CC1. The van der Waals surface area contributed by atoms with E-state index in [4.69, 9.17) is 16.7 Å². The smallest absolute Gasteiger partial charge is 0.306 e. The Hall–Kier alpha value is -1.06. The van der Waals surface area contributed by atoms with Crippen molar-refractivity contribution in [2.75, 3.05) is 0 Å². The molecule has 1 aromatic rings. The van der Waals surface area contributed by atoms with Crippen LogP contribution < -0.4 is 5.32 Å². The molecular formula is C14H18ClNO2. The monoisotopic (exact) mass is 267 g/mol. The average Bonchev–Trinajstić information content (AvgIpc) is 2.38. The molecule has 0 radical (unpaired) electrons. The number of carboxylic acids is 1. The van der Waals surface area contributed by atoms with Gasteiger partial charge in [0.25, 0.3) is 0 Å². The highest BCUT2D eigenvalue weighted by atomic mass is 35.5. The standard InChI is InChI=1S/C14H18ClNO2/c15-12-5-1-10(2-6-12)9-16-13-7-3-11(4-8-13)14(17)18/h1-2,5-6,11,13,16H,3-4,7-9H2,(H,17,18). The largest absolute Gasteiger partial charge is 0.481 e. The fourth-order valence-corrected chi connectivity index (χ4v) is 2.53. The predicted octanol–water partition coefficient (Wildman–Crippen LogP) is 3.07. The maximum atomic E-state index is 10.8. The third-order valence-electron chi connectivity index (χ3n) is 3.58. The number of benzene rings is 1. The lowest BCUT2D eigenvalue weighted by Gasteiger charge is -2.27. The first-order valence-corrected chi connectivity index (χ1v) is 6.73. The van der Waals surface area contributed by atoms with Crippen LogP contribution in [0, 0.1) is 5.92 Å². The topological polar surface area (TPSA) is 49.3 Å². The molecule has 0 spiro atoms. The number of hydrogen-bond acceptors (Lipinski definition) is 2. The zero-order chi connectivity index (χ0) is 13.0. The summed E-state index contributed by atoms with van der Waals surface area (Å²) in [6, 6.07) is 8.24. The number of aliphatic carboxylic acids is 1. The predicted molar refractivity (Wildman–Crippen MR) is 71.7 cm³/mol. The first-order valence-electron chi connectivity index (χ1n) is 6.36. The summed E-state index contributed by atoms with van der Waals surface area (Å²) >= 11 is 5.83. The van der Waals surface area contributed by atoms with Gasteiger partial charge in [-0.2, -0.15) is 0 Å². The molecule has 1 fully saturated rings. The van der Waals surface area contributed by atoms with Crippen LogP contribution >= 0.6 is 11.6 Å². The van der Waals surface area contributed by atoms with Crippen LogP contribution in [0.4, 0.5) is 0 Å². The summed E-state index contributed by atoms with van der Waals surface area (Å²) in [5.74, 6) is -0.787. The second-order valence-corrected chi connectivity index (χ2v) is 5.33. The van der Waals surface area contributed by atoms with E-state index < -0.39 is 5.97 Å². The molecule has 0 heterocycles. The van der Waals surface area contributed by atoms with Gasteiger partial charge in [0.15, 0.2) is 0 Å². The minimum atomic E-state index is -0.647. The molecular weight excluding hydrogens is 250 g/mol. The van der Waals surface area contributed by atoms with E-state index in [1.54, 1.807) is 0 Å². The van der Waals surface area contributed by atoms with Crippen LogP contribution in [0.3, 0.4) is 0 Å². The van der Waals surface area contributed by atoms with Gasteiger partial charge in [-0.05, 0) is 43.4 Å². The molecule has 2 rings (SSSR count). The number of carboxylic acid groups (broad SMARTS) is 1. The van der Waals surface area contributed by atoms with Crippen LogP contribution in [-0.2, 0) is 11.3 Å². The van der Waals surface area contributed by atoms with Crippen molar-refractivity contribution in [1.29, 1.82) is 0 Å². The third-order valence-corrected chi connectivity index (χ3v) is 3.84. The number of nitrogens with one attached hydrogen (secondary N) is 1. The Morgan fingerprint density at radius 2 is 1.83 bits per heavy atom. The molecule has 4 heteroatoms.